The molecule has 1 heterocycles. The number of ether oxygens (including phenoxy) is 1. The maximum atomic E-state index is 11.9. The molecule has 1 saturated heterocycles. The zero-order valence-electron chi connectivity index (χ0n) is 10.5. The van der Waals surface area contributed by atoms with E-state index in [1.165, 1.54) is 6.92 Å². The van der Waals surface area contributed by atoms with Crippen LogP contribution >= 0.6 is 0 Å². The van der Waals surface area contributed by atoms with Crippen molar-refractivity contribution in [3.05, 3.63) is 0 Å². The highest BCUT2D eigenvalue weighted by atomic mass is 32.2. The Bertz CT molecular complexity index is 488. The van der Waals surface area contributed by atoms with Gasteiger partial charge < -0.3 is 4.74 Å². The highest BCUT2D eigenvalue weighted by molar-refractivity contribution is 7.87. The van der Waals surface area contributed by atoms with Gasteiger partial charge >= 0.3 is 16.3 Å². The van der Waals surface area contributed by atoms with Crippen LogP contribution in [-0.2, 0) is 24.5 Å². The van der Waals surface area contributed by atoms with Crippen molar-refractivity contribution < 1.29 is 27.5 Å². The van der Waals surface area contributed by atoms with Gasteiger partial charge in [-0.05, 0) is 13.3 Å². The number of rotatable bonds is 4. The molecule has 0 spiro atoms. The summed E-state index contributed by atoms with van der Waals surface area (Å²) in [6, 6.07) is -1.04. The van der Waals surface area contributed by atoms with E-state index in [9.17, 15) is 22.8 Å². The van der Waals surface area contributed by atoms with Crippen LogP contribution in [0.5, 0.6) is 0 Å². The van der Waals surface area contributed by atoms with Gasteiger partial charge in [0.25, 0.3) is 0 Å². The fraction of sp³-hybridized carbons (Fsp3) is 0.667. The molecule has 19 heavy (non-hydrogen) atoms. The lowest BCUT2D eigenvalue weighted by molar-refractivity contribution is -0.137. The van der Waals surface area contributed by atoms with Gasteiger partial charge in [-0.2, -0.15) is 12.7 Å². The van der Waals surface area contributed by atoms with E-state index in [1.807, 2.05) is 5.32 Å². The van der Waals surface area contributed by atoms with E-state index in [4.69, 9.17) is 0 Å². The smallest absolute Gasteiger partial charge is 0.421 e. The Morgan fingerprint density at radius 1 is 1.47 bits per heavy atom. The molecule has 1 rings (SSSR count). The minimum atomic E-state index is -4.30. The van der Waals surface area contributed by atoms with Crippen molar-refractivity contribution in [1.29, 1.82) is 0 Å². The van der Waals surface area contributed by atoms with Crippen LogP contribution in [-0.4, -0.2) is 49.8 Å². The summed E-state index contributed by atoms with van der Waals surface area (Å²) in [5, 5.41) is 2.03. The van der Waals surface area contributed by atoms with E-state index in [1.54, 1.807) is 11.6 Å². The van der Waals surface area contributed by atoms with Gasteiger partial charge in [-0.1, -0.05) is 6.92 Å². The molecule has 108 valence electrons. The predicted octanol–water partition coefficient (Wildman–Crippen LogP) is -1.29. The molecule has 1 fully saturated rings. The summed E-state index contributed by atoms with van der Waals surface area (Å²) in [4.78, 5) is 33.9. The quantitative estimate of drug-likeness (QED) is 0.622. The first-order valence-electron chi connectivity index (χ1n) is 5.61. The van der Waals surface area contributed by atoms with Crippen LogP contribution in [0.3, 0.4) is 0 Å². The SMILES string of the molecule is CCOC(=O)NS(=O)(=O)N1CC(=O)NC(=O)C1CC. The molecule has 0 aromatic carbocycles. The lowest BCUT2D eigenvalue weighted by atomic mass is 10.2. The number of imide groups is 1. The van der Waals surface area contributed by atoms with Crippen molar-refractivity contribution in [2.24, 2.45) is 0 Å². The molecule has 0 aromatic heterocycles. The predicted molar refractivity (Wildman–Crippen MR) is 63.0 cm³/mol. The van der Waals surface area contributed by atoms with Gasteiger partial charge in [0.2, 0.25) is 11.8 Å². The number of amides is 3. The van der Waals surface area contributed by atoms with Gasteiger partial charge in [-0.3, -0.25) is 14.9 Å². The van der Waals surface area contributed by atoms with E-state index in [2.05, 4.69) is 4.74 Å². The lowest BCUT2D eigenvalue weighted by Gasteiger charge is -2.31. The standard InChI is InChI=1S/C9H15N3O6S/c1-3-6-8(14)10-7(13)5-12(6)19(16,17)11-9(15)18-4-2/h6H,3-5H2,1-2H3,(H,11,15)(H,10,13,14). The van der Waals surface area contributed by atoms with Crippen molar-refractivity contribution in [3.8, 4) is 0 Å². The van der Waals surface area contributed by atoms with Crippen molar-refractivity contribution in [1.82, 2.24) is 14.3 Å². The highest BCUT2D eigenvalue weighted by Gasteiger charge is 2.40. The van der Waals surface area contributed by atoms with Gasteiger partial charge in [0, 0.05) is 0 Å². The molecular weight excluding hydrogens is 278 g/mol. The Morgan fingerprint density at radius 2 is 2.11 bits per heavy atom. The van der Waals surface area contributed by atoms with E-state index in [0.717, 1.165) is 0 Å². The van der Waals surface area contributed by atoms with Crippen LogP contribution in [0, 0.1) is 0 Å². The van der Waals surface area contributed by atoms with Crippen LogP contribution in [0.2, 0.25) is 0 Å². The van der Waals surface area contributed by atoms with Gasteiger partial charge in [0.15, 0.2) is 0 Å². The summed E-state index contributed by atoms with van der Waals surface area (Å²) in [6.07, 6.45) is -0.987. The number of nitrogens with one attached hydrogen (secondary N) is 2. The van der Waals surface area contributed by atoms with Crippen LogP contribution in [0.15, 0.2) is 0 Å². The van der Waals surface area contributed by atoms with E-state index in [-0.39, 0.29) is 13.0 Å². The maximum absolute atomic E-state index is 11.9. The molecule has 1 atom stereocenters. The Labute approximate surface area is 110 Å². The first-order chi connectivity index (χ1) is 8.81. The molecule has 9 nitrogen and oxygen atoms in total. The summed E-state index contributed by atoms with van der Waals surface area (Å²) < 4.78 is 30.6. The first-order valence-corrected chi connectivity index (χ1v) is 7.05. The van der Waals surface area contributed by atoms with E-state index < -0.39 is 40.7 Å². The molecular formula is C9H15N3O6S. The molecule has 2 N–H and O–H groups in total. The minimum Gasteiger partial charge on any atom is -0.449 e. The summed E-state index contributed by atoms with van der Waals surface area (Å²) in [6.45, 7) is 2.57. The van der Waals surface area contributed by atoms with Crippen molar-refractivity contribution in [2.45, 2.75) is 26.3 Å². The zero-order valence-corrected chi connectivity index (χ0v) is 11.3. The van der Waals surface area contributed by atoms with E-state index in [0.29, 0.717) is 4.31 Å². The van der Waals surface area contributed by atoms with E-state index >= 15 is 0 Å². The Balaban J connectivity index is 2.93. The Morgan fingerprint density at radius 3 is 2.63 bits per heavy atom. The molecule has 3 amide bonds. The third-order valence-corrected chi connectivity index (χ3v) is 3.82. The second-order valence-corrected chi connectivity index (χ2v) is 5.33. The number of piperazine rings is 1. The molecule has 0 aromatic rings. The molecule has 10 heteroatoms. The normalized spacial score (nSPS) is 20.8. The summed E-state index contributed by atoms with van der Waals surface area (Å²) in [5.74, 6) is -1.46. The van der Waals surface area contributed by atoms with Gasteiger partial charge in [0.05, 0.1) is 13.2 Å². The van der Waals surface area contributed by atoms with Crippen LogP contribution in [0.1, 0.15) is 20.3 Å². The highest BCUT2D eigenvalue weighted by Crippen LogP contribution is 2.13. The number of hydrogen-bond acceptors (Lipinski definition) is 6. The van der Waals surface area contributed by atoms with Gasteiger partial charge in [-0.25, -0.2) is 9.52 Å². The Hall–Kier alpha value is -1.68. The zero-order chi connectivity index (χ0) is 14.6. The third-order valence-electron chi connectivity index (χ3n) is 2.40. The number of hydrogen-bond donors (Lipinski definition) is 2. The average Bonchev–Trinajstić information content (AvgIpc) is 2.27. The topological polar surface area (TPSA) is 122 Å². The summed E-state index contributed by atoms with van der Waals surface area (Å²) in [7, 11) is -4.30. The van der Waals surface area contributed by atoms with Gasteiger partial charge in [-0.15, -0.1) is 0 Å². The summed E-state index contributed by atoms with van der Waals surface area (Å²) >= 11 is 0. The lowest BCUT2D eigenvalue weighted by Crippen LogP contribution is -2.61. The van der Waals surface area contributed by atoms with Crippen LogP contribution in [0.25, 0.3) is 0 Å². The monoisotopic (exact) mass is 293 g/mol. The van der Waals surface area contributed by atoms with Gasteiger partial charge in [0.1, 0.15) is 6.04 Å². The van der Waals surface area contributed by atoms with Crippen LogP contribution in [0.4, 0.5) is 4.79 Å². The first kappa shape index (κ1) is 15.4. The molecule has 0 aliphatic carbocycles. The molecule has 0 bridgehead atoms. The third kappa shape index (κ3) is 3.64. The second-order valence-electron chi connectivity index (χ2n) is 3.71. The minimum absolute atomic E-state index is 0.00201. The molecule has 0 saturated carbocycles. The fourth-order valence-corrected chi connectivity index (χ4v) is 2.86. The molecule has 1 unspecified atom stereocenters. The molecule has 1 aliphatic heterocycles. The second kappa shape index (κ2) is 5.97. The number of carbonyl (C=O) groups excluding carboxylic acids is 3. The summed E-state index contributed by atoms with van der Waals surface area (Å²) in [5.41, 5.74) is 0. The molecule has 0 radical (unpaired) electrons. The maximum Gasteiger partial charge on any atom is 0.421 e. The largest absolute Gasteiger partial charge is 0.449 e. The number of nitrogens with zero attached hydrogens (tertiary/aromatic N) is 1. The van der Waals surface area contributed by atoms with Crippen LogP contribution < -0.4 is 10.0 Å². The average molecular weight is 293 g/mol. The van der Waals surface area contributed by atoms with Crippen molar-refractivity contribution in [3.63, 3.8) is 0 Å². The molecule has 1 aliphatic rings. The number of carbonyl (C=O) groups is 3. The fourth-order valence-electron chi connectivity index (χ4n) is 1.61. The van der Waals surface area contributed by atoms with Crippen molar-refractivity contribution in [2.75, 3.05) is 13.2 Å². The Kier molecular flexibility index (Phi) is 4.84. The van der Waals surface area contributed by atoms with Crippen molar-refractivity contribution >= 4 is 28.1 Å².